The van der Waals surface area contributed by atoms with Crippen molar-refractivity contribution in [2.45, 2.75) is 46.0 Å². The van der Waals surface area contributed by atoms with Crippen LogP contribution in [-0.4, -0.2) is 0 Å². The van der Waals surface area contributed by atoms with Crippen molar-refractivity contribution < 1.29 is 0 Å². The Morgan fingerprint density at radius 1 is 1.08 bits per heavy atom. The monoisotopic (exact) mass is 178 g/mol. The van der Waals surface area contributed by atoms with Crippen LogP contribution in [0.2, 0.25) is 0 Å². The van der Waals surface area contributed by atoms with Gasteiger partial charge in [-0.2, -0.15) is 0 Å². The Bertz CT molecular complexity index is 208. The van der Waals surface area contributed by atoms with Crippen LogP contribution < -0.4 is 0 Å². The third-order valence-electron chi connectivity index (χ3n) is 5.51. The molecule has 0 heterocycles. The van der Waals surface area contributed by atoms with E-state index in [4.69, 9.17) is 0 Å². The van der Waals surface area contributed by atoms with Crippen molar-refractivity contribution in [2.75, 3.05) is 0 Å². The van der Waals surface area contributed by atoms with Crippen molar-refractivity contribution in [1.82, 2.24) is 0 Å². The highest BCUT2D eigenvalue weighted by Crippen LogP contribution is 2.63. The van der Waals surface area contributed by atoms with Crippen LogP contribution in [0.15, 0.2) is 0 Å². The zero-order valence-corrected chi connectivity index (χ0v) is 9.00. The first-order valence-electron chi connectivity index (χ1n) is 6.31. The lowest BCUT2D eigenvalue weighted by Gasteiger charge is -2.32. The summed E-state index contributed by atoms with van der Waals surface area (Å²) in [5.41, 5.74) is 0. The molecule has 0 nitrogen and oxygen atoms in total. The molecule has 0 aromatic carbocycles. The predicted molar refractivity (Wildman–Crippen MR) is 55.4 cm³/mol. The first-order chi connectivity index (χ1) is 6.31. The Balaban J connectivity index is 1.85. The fraction of sp³-hybridized carbons (Fsp3) is 1.00. The quantitative estimate of drug-likeness (QED) is 0.574. The van der Waals surface area contributed by atoms with E-state index in [0.29, 0.717) is 0 Å². The number of hydrogen-bond acceptors (Lipinski definition) is 0. The lowest BCUT2D eigenvalue weighted by molar-refractivity contribution is 0.160. The average Bonchev–Trinajstić information content (AvgIpc) is 2.71. The molecule has 3 fully saturated rings. The van der Waals surface area contributed by atoms with E-state index in [9.17, 15) is 0 Å². The van der Waals surface area contributed by atoms with Gasteiger partial charge in [-0.05, 0) is 61.2 Å². The fourth-order valence-electron chi connectivity index (χ4n) is 5.05. The standard InChI is InChI=1S/C13H22/c1-3-9-4-5-11-10-6-8(2)12(7-10)13(9)11/h8-13H,3-7H2,1-2H3. The average molecular weight is 178 g/mol. The summed E-state index contributed by atoms with van der Waals surface area (Å²) in [7, 11) is 0. The first-order valence-corrected chi connectivity index (χ1v) is 6.31. The molecule has 6 atom stereocenters. The molecule has 0 heteroatoms. The van der Waals surface area contributed by atoms with E-state index >= 15 is 0 Å². The topological polar surface area (TPSA) is 0 Å². The van der Waals surface area contributed by atoms with Gasteiger partial charge in [0.05, 0.1) is 0 Å². The van der Waals surface area contributed by atoms with Crippen molar-refractivity contribution >= 4 is 0 Å². The highest BCUT2D eigenvalue weighted by Gasteiger charge is 2.55. The highest BCUT2D eigenvalue weighted by atomic mass is 14.6. The van der Waals surface area contributed by atoms with Crippen molar-refractivity contribution in [2.24, 2.45) is 35.5 Å². The van der Waals surface area contributed by atoms with Crippen LogP contribution in [0.25, 0.3) is 0 Å². The first kappa shape index (κ1) is 8.32. The molecule has 3 rings (SSSR count). The normalized spacial score (nSPS) is 58.6. The molecule has 0 N–H and O–H groups in total. The van der Waals surface area contributed by atoms with Crippen LogP contribution in [0.4, 0.5) is 0 Å². The van der Waals surface area contributed by atoms with E-state index < -0.39 is 0 Å². The molecular formula is C13H22. The number of rotatable bonds is 1. The second-order valence-corrected chi connectivity index (χ2v) is 5.86. The summed E-state index contributed by atoms with van der Waals surface area (Å²) in [6, 6.07) is 0. The van der Waals surface area contributed by atoms with Gasteiger partial charge < -0.3 is 0 Å². The Hall–Kier alpha value is 0. The molecule has 0 amide bonds. The summed E-state index contributed by atoms with van der Waals surface area (Å²) in [5.74, 6) is 6.81. The van der Waals surface area contributed by atoms with Crippen LogP contribution in [0, 0.1) is 35.5 Å². The molecule has 6 unspecified atom stereocenters. The maximum absolute atomic E-state index is 2.51. The Kier molecular flexibility index (Phi) is 1.76. The molecule has 0 aromatic rings. The highest BCUT2D eigenvalue weighted by molar-refractivity contribution is 5.04. The van der Waals surface area contributed by atoms with Gasteiger partial charge in [-0.25, -0.2) is 0 Å². The van der Waals surface area contributed by atoms with E-state index in [0.717, 1.165) is 23.7 Å². The van der Waals surface area contributed by atoms with Crippen molar-refractivity contribution in [3.63, 3.8) is 0 Å². The second kappa shape index (κ2) is 2.74. The largest absolute Gasteiger partial charge is 0.0651 e. The molecule has 0 saturated heterocycles. The van der Waals surface area contributed by atoms with Crippen molar-refractivity contribution in [3.05, 3.63) is 0 Å². The third-order valence-corrected chi connectivity index (χ3v) is 5.51. The summed E-state index contributed by atoms with van der Waals surface area (Å²) in [5, 5.41) is 0. The zero-order chi connectivity index (χ0) is 9.00. The van der Waals surface area contributed by atoms with Crippen molar-refractivity contribution in [3.8, 4) is 0 Å². The summed E-state index contributed by atoms with van der Waals surface area (Å²) < 4.78 is 0. The van der Waals surface area contributed by atoms with Crippen LogP contribution in [0.5, 0.6) is 0 Å². The molecule has 2 bridgehead atoms. The molecule has 0 aliphatic heterocycles. The lowest BCUT2D eigenvalue weighted by atomic mass is 9.73. The molecule has 3 saturated carbocycles. The molecule has 0 spiro atoms. The Morgan fingerprint density at radius 2 is 1.92 bits per heavy atom. The number of hydrogen-bond donors (Lipinski definition) is 0. The molecule has 74 valence electrons. The van der Waals surface area contributed by atoms with Crippen LogP contribution in [0.3, 0.4) is 0 Å². The van der Waals surface area contributed by atoms with E-state index in [1.165, 1.54) is 18.3 Å². The van der Waals surface area contributed by atoms with Gasteiger partial charge in [0.2, 0.25) is 0 Å². The summed E-state index contributed by atoms with van der Waals surface area (Å²) >= 11 is 0. The molecule has 13 heavy (non-hydrogen) atoms. The van der Waals surface area contributed by atoms with E-state index in [1.54, 1.807) is 25.7 Å². The van der Waals surface area contributed by atoms with Crippen LogP contribution >= 0.6 is 0 Å². The van der Waals surface area contributed by atoms with Gasteiger partial charge in [0.15, 0.2) is 0 Å². The zero-order valence-electron chi connectivity index (χ0n) is 9.00. The lowest BCUT2D eigenvalue weighted by Crippen LogP contribution is -2.26. The van der Waals surface area contributed by atoms with E-state index in [2.05, 4.69) is 13.8 Å². The molecule has 3 aliphatic rings. The number of fused-ring (bicyclic) bond motifs is 5. The molecule has 3 aliphatic carbocycles. The smallest absolute Gasteiger partial charge is 0.0324 e. The maximum Gasteiger partial charge on any atom is -0.0324 e. The van der Waals surface area contributed by atoms with E-state index in [-0.39, 0.29) is 0 Å². The fourth-order valence-corrected chi connectivity index (χ4v) is 5.05. The van der Waals surface area contributed by atoms with Gasteiger partial charge in [-0.1, -0.05) is 20.3 Å². The summed E-state index contributed by atoms with van der Waals surface area (Å²) in [6.45, 7) is 4.91. The minimum absolute atomic E-state index is 1.07. The Labute approximate surface area is 82.1 Å². The van der Waals surface area contributed by atoms with Crippen LogP contribution in [0.1, 0.15) is 46.0 Å². The van der Waals surface area contributed by atoms with Crippen molar-refractivity contribution in [1.29, 1.82) is 0 Å². The van der Waals surface area contributed by atoms with Gasteiger partial charge in [0.25, 0.3) is 0 Å². The van der Waals surface area contributed by atoms with Gasteiger partial charge in [0.1, 0.15) is 0 Å². The van der Waals surface area contributed by atoms with E-state index in [1.807, 2.05) is 0 Å². The second-order valence-electron chi connectivity index (χ2n) is 5.86. The summed E-state index contributed by atoms with van der Waals surface area (Å²) in [4.78, 5) is 0. The van der Waals surface area contributed by atoms with Gasteiger partial charge >= 0.3 is 0 Å². The van der Waals surface area contributed by atoms with Gasteiger partial charge in [0, 0.05) is 0 Å². The summed E-state index contributed by atoms with van der Waals surface area (Å²) in [6.07, 6.45) is 7.77. The third kappa shape index (κ3) is 0.980. The molecular weight excluding hydrogens is 156 g/mol. The van der Waals surface area contributed by atoms with Gasteiger partial charge in [-0.3, -0.25) is 0 Å². The molecule has 0 radical (unpaired) electrons. The minimum Gasteiger partial charge on any atom is -0.0651 e. The SMILES string of the molecule is CCC1CCC2C3CC(C)C(C3)C12. The Morgan fingerprint density at radius 3 is 2.69 bits per heavy atom. The van der Waals surface area contributed by atoms with Gasteiger partial charge in [-0.15, -0.1) is 0 Å². The molecule has 0 aromatic heterocycles. The maximum atomic E-state index is 2.51. The predicted octanol–water partition coefficient (Wildman–Crippen LogP) is 3.71. The van der Waals surface area contributed by atoms with Crippen LogP contribution in [-0.2, 0) is 0 Å². The minimum atomic E-state index is 1.07.